The number of amides is 1. The molecular weight excluding hydrogens is 307 g/mol. The van der Waals surface area contributed by atoms with Crippen molar-refractivity contribution in [3.05, 3.63) is 65.5 Å². The number of rotatable bonds is 7. The minimum absolute atomic E-state index is 0.0163. The number of methoxy groups -OCH3 is 1. The summed E-state index contributed by atoms with van der Waals surface area (Å²) in [6.07, 6.45) is 0. The van der Waals surface area contributed by atoms with E-state index in [0.717, 1.165) is 16.9 Å². The summed E-state index contributed by atoms with van der Waals surface area (Å²) in [5.74, 6) is 0.423. The first-order chi connectivity index (χ1) is 11.5. The van der Waals surface area contributed by atoms with Gasteiger partial charge in [0.15, 0.2) is 0 Å². The zero-order valence-corrected chi connectivity index (χ0v) is 14.3. The number of benzene rings is 2. The predicted molar refractivity (Wildman–Crippen MR) is 92.3 cm³/mol. The van der Waals surface area contributed by atoms with Crippen LogP contribution in [-0.2, 0) is 11.3 Å². The van der Waals surface area contributed by atoms with Crippen molar-refractivity contribution in [2.75, 3.05) is 20.7 Å². The van der Waals surface area contributed by atoms with Gasteiger partial charge >= 0.3 is 0 Å². The van der Waals surface area contributed by atoms with Crippen LogP contribution < -0.4 is 10.1 Å². The van der Waals surface area contributed by atoms with Gasteiger partial charge in [-0.05, 0) is 37.7 Å². The molecule has 0 aromatic heterocycles. The van der Waals surface area contributed by atoms with E-state index in [1.54, 1.807) is 19.2 Å². The highest BCUT2D eigenvalue weighted by Gasteiger charge is 2.15. The van der Waals surface area contributed by atoms with E-state index in [4.69, 9.17) is 4.74 Å². The monoisotopic (exact) mass is 330 g/mol. The second-order valence-electron chi connectivity index (χ2n) is 5.73. The number of ether oxygens (including phenoxy) is 1. The van der Waals surface area contributed by atoms with Gasteiger partial charge in [-0.3, -0.25) is 9.69 Å². The Morgan fingerprint density at radius 1 is 1.21 bits per heavy atom. The minimum atomic E-state index is -0.261. The Morgan fingerprint density at radius 2 is 1.88 bits per heavy atom. The van der Waals surface area contributed by atoms with Crippen LogP contribution in [-0.4, -0.2) is 31.5 Å². The van der Waals surface area contributed by atoms with Crippen molar-refractivity contribution in [2.24, 2.45) is 0 Å². The summed E-state index contributed by atoms with van der Waals surface area (Å²) < 4.78 is 18.3. The lowest BCUT2D eigenvalue weighted by Crippen LogP contribution is -2.36. The fraction of sp³-hybridized carbons (Fsp3) is 0.316. The maximum atomic E-state index is 13.0. The molecule has 1 amide bonds. The highest BCUT2D eigenvalue weighted by molar-refractivity contribution is 5.78. The zero-order chi connectivity index (χ0) is 17.5. The zero-order valence-electron chi connectivity index (χ0n) is 14.3. The maximum Gasteiger partial charge on any atom is 0.234 e. The van der Waals surface area contributed by atoms with Crippen LogP contribution in [0.3, 0.4) is 0 Å². The molecule has 0 aliphatic carbocycles. The van der Waals surface area contributed by atoms with E-state index in [1.807, 2.05) is 43.1 Å². The second kappa shape index (κ2) is 8.45. The molecular formula is C19H23FN2O2. The van der Waals surface area contributed by atoms with Crippen LogP contribution >= 0.6 is 0 Å². The number of para-hydroxylation sites is 1. The van der Waals surface area contributed by atoms with E-state index in [2.05, 4.69) is 5.32 Å². The molecule has 0 radical (unpaired) electrons. The van der Waals surface area contributed by atoms with Crippen molar-refractivity contribution >= 4 is 5.91 Å². The third-order valence-electron chi connectivity index (χ3n) is 4.08. The van der Waals surface area contributed by atoms with Crippen molar-refractivity contribution in [1.29, 1.82) is 0 Å². The van der Waals surface area contributed by atoms with Crippen LogP contribution in [0.25, 0.3) is 0 Å². The summed E-state index contributed by atoms with van der Waals surface area (Å²) >= 11 is 0. The van der Waals surface area contributed by atoms with Crippen LogP contribution in [0.5, 0.6) is 5.75 Å². The van der Waals surface area contributed by atoms with E-state index >= 15 is 0 Å². The molecule has 0 saturated heterocycles. The number of halogens is 1. The van der Waals surface area contributed by atoms with Gasteiger partial charge in [0.05, 0.1) is 13.7 Å². The van der Waals surface area contributed by atoms with Crippen LogP contribution in [0, 0.1) is 5.82 Å². The van der Waals surface area contributed by atoms with Crippen LogP contribution in [0.2, 0.25) is 0 Å². The Hall–Kier alpha value is -2.40. The lowest BCUT2D eigenvalue weighted by atomic mass is 10.1. The number of nitrogens with one attached hydrogen (secondary N) is 1. The van der Waals surface area contributed by atoms with Gasteiger partial charge in [0.25, 0.3) is 0 Å². The van der Waals surface area contributed by atoms with Crippen molar-refractivity contribution in [1.82, 2.24) is 10.2 Å². The third-order valence-corrected chi connectivity index (χ3v) is 4.08. The molecule has 1 unspecified atom stereocenters. The van der Waals surface area contributed by atoms with E-state index < -0.39 is 0 Å². The summed E-state index contributed by atoms with van der Waals surface area (Å²) in [5.41, 5.74) is 1.90. The Morgan fingerprint density at radius 3 is 2.54 bits per heavy atom. The smallest absolute Gasteiger partial charge is 0.234 e. The lowest BCUT2D eigenvalue weighted by Gasteiger charge is -2.24. The third kappa shape index (κ3) is 4.80. The summed E-state index contributed by atoms with van der Waals surface area (Å²) in [5, 5.41) is 2.90. The molecule has 2 aromatic carbocycles. The van der Waals surface area contributed by atoms with Gasteiger partial charge < -0.3 is 10.1 Å². The Kier molecular flexibility index (Phi) is 6.32. The molecule has 1 N–H and O–H groups in total. The van der Waals surface area contributed by atoms with E-state index in [-0.39, 0.29) is 24.3 Å². The Labute approximate surface area is 142 Å². The highest BCUT2D eigenvalue weighted by atomic mass is 19.1. The van der Waals surface area contributed by atoms with Gasteiger partial charge in [0, 0.05) is 18.2 Å². The molecule has 1 atom stereocenters. The molecule has 0 aliphatic rings. The molecule has 128 valence electrons. The van der Waals surface area contributed by atoms with Crippen molar-refractivity contribution in [2.45, 2.75) is 19.5 Å². The fourth-order valence-electron chi connectivity index (χ4n) is 2.46. The predicted octanol–water partition coefficient (Wildman–Crippen LogP) is 3.14. The Balaban J connectivity index is 1.88. The van der Waals surface area contributed by atoms with E-state index in [9.17, 15) is 9.18 Å². The van der Waals surface area contributed by atoms with Gasteiger partial charge in [-0.2, -0.15) is 0 Å². The molecule has 0 spiro atoms. The first-order valence-electron chi connectivity index (χ1n) is 7.85. The molecule has 0 fully saturated rings. The first kappa shape index (κ1) is 17.9. The first-order valence-corrected chi connectivity index (χ1v) is 7.85. The largest absolute Gasteiger partial charge is 0.496 e. The molecule has 5 heteroatoms. The number of carbonyl (C=O) groups excluding carboxylic acids is 1. The van der Waals surface area contributed by atoms with Gasteiger partial charge in [-0.1, -0.05) is 30.3 Å². The van der Waals surface area contributed by atoms with E-state index in [1.165, 1.54) is 12.1 Å². The number of nitrogens with zero attached hydrogens (tertiary/aromatic N) is 1. The quantitative estimate of drug-likeness (QED) is 0.848. The number of hydrogen-bond acceptors (Lipinski definition) is 3. The Bertz CT molecular complexity index is 673. The maximum absolute atomic E-state index is 13.0. The van der Waals surface area contributed by atoms with Gasteiger partial charge in [0.2, 0.25) is 5.91 Å². The molecule has 2 aromatic rings. The minimum Gasteiger partial charge on any atom is -0.496 e. The summed E-state index contributed by atoms with van der Waals surface area (Å²) in [7, 11) is 3.48. The van der Waals surface area contributed by atoms with Crippen molar-refractivity contribution in [3.8, 4) is 5.75 Å². The number of hydrogen-bond donors (Lipinski definition) is 1. The van der Waals surface area contributed by atoms with Crippen LogP contribution in [0.4, 0.5) is 4.39 Å². The molecule has 24 heavy (non-hydrogen) atoms. The summed E-state index contributed by atoms with van der Waals surface area (Å²) in [4.78, 5) is 14.1. The summed E-state index contributed by atoms with van der Waals surface area (Å²) in [6, 6.07) is 13.9. The molecule has 0 aliphatic heterocycles. The number of carbonyl (C=O) groups is 1. The second-order valence-corrected chi connectivity index (χ2v) is 5.73. The lowest BCUT2D eigenvalue weighted by molar-refractivity contribution is -0.122. The SMILES string of the molecule is COc1ccccc1CNC(=O)CN(C)C(C)c1ccc(F)cc1. The molecule has 4 nitrogen and oxygen atoms in total. The molecule has 0 bridgehead atoms. The topological polar surface area (TPSA) is 41.6 Å². The fourth-order valence-corrected chi connectivity index (χ4v) is 2.46. The van der Waals surface area contributed by atoms with Crippen LogP contribution in [0.1, 0.15) is 24.1 Å². The van der Waals surface area contributed by atoms with Crippen LogP contribution in [0.15, 0.2) is 48.5 Å². The highest BCUT2D eigenvalue weighted by Crippen LogP contribution is 2.19. The molecule has 2 rings (SSSR count). The average molecular weight is 330 g/mol. The van der Waals surface area contributed by atoms with Crippen molar-refractivity contribution < 1.29 is 13.9 Å². The van der Waals surface area contributed by atoms with Gasteiger partial charge in [-0.25, -0.2) is 4.39 Å². The van der Waals surface area contributed by atoms with Crippen molar-refractivity contribution in [3.63, 3.8) is 0 Å². The molecule has 0 heterocycles. The van der Waals surface area contributed by atoms with E-state index in [0.29, 0.717) is 6.54 Å². The number of likely N-dealkylation sites (N-methyl/N-ethyl adjacent to an activating group) is 1. The normalized spacial score (nSPS) is 12.0. The molecule has 0 saturated carbocycles. The van der Waals surface area contributed by atoms with Gasteiger partial charge in [0.1, 0.15) is 11.6 Å². The van der Waals surface area contributed by atoms with Gasteiger partial charge in [-0.15, -0.1) is 0 Å². The average Bonchev–Trinajstić information content (AvgIpc) is 2.60. The summed E-state index contributed by atoms with van der Waals surface area (Å²) in [6.45, 7) is 2.66. The standard InChI is InChI=1S/C19H23FN2O2/c1-14(15-8-10-17(20)11-9-15)22(2)13-19(23)21-12-16-6-4-5-7-18(16)24-3/h4-11,14H,12-13H2,1-3H3,(H,21,23).